The number of nitrogens with one attached hydrogen (secondary N) is 1. The van der Waals surface area contributed by atoms with Crippen molar-refractivity contribution in [2.24, 2.45) is 0 Å². The van der Waals surface area contributed by atoms with E-state index in [-0.39, 0.29) is 0 Å². The molecule has 0 heterocycles. The van der Waals surface area contributed by atoms with Gasteiger partial charge < -0.3 is 5.32 Å². The normalized spacial score (nSPS) is 10.4. The summed E-state index contributed by atoms with van der Waals surface area (Å²) in [7, 11) is 0. The summed E-state index contributed by atoms with van der Waals surface area (Å²) in [5.41, 5.74) is 3.48. The Morgan fingerprint density at radius 3 is 2.61 bits per heavy atom. The summed E-state index contributed by atoms with van der Waals surface area (Å²) in [6.45, 7) is 2.85. The van der Waals surface area contributed by atoms with E-state index in [4.69, 9.17) is 23.2 Å². The maximum atomic E-state index is 6.13. The number of anilines is 1. The Labute approximate surface area is 118 Å². The molecule has 0 radical (unpaired) electrons. The largest absolute Gasteiger partial charge is 0.381 e. The first kappa shape index (κ1) is 13.3. The Morgan fingerprint density at radius 1 is 1.06 bits per heavy atom. The summed E-state index contributed by atoms with van der Waals surface area (Å²) in [5.74, 6) is 0. The highest BCUT2D eigenvalue weighted by Gasteiger charge is 2.01. The van der Waals surface area contributed by atoms with Gasteiger partial charge >= 0.3 is 0 Å². The van der Waals surface area contributed by atoms with Crippen LogP contribution in [0.5, 0.6) is 0 Å². The predicted octanol–water partition coefficient (Wildman–Crippen LogP) is 5.17. The minimum Gasteiger partial charge on any atom is -0.381 e. The Morgan fingerprint density at radius 2 is 1.89 bits per heavy atom. The molecule has 0 unspecified atom stereocenters. The summed E-state index contributed by atoms with van der Waals surface area (Å²) >= 11 is 12.0. The van der Waals surface area contributed by atoms with E-state index in [0.29, 0.717) is 16.6 Å². The lowest BCUT2D eigenvalue weighted by Crippen LogP contribution is -2.00. The molecule has 0 bridgehead atoms. The molecule has 94 valence electrons. The summed E-state index contributed by atoms with van der Waals surface area (Å²) in [6, 6.07) is 14.0. The van der Waals surface area contributed by atoms with Crippen molar-refractivity contribution in [1.82, 2.24) is 0 Å². The molecule has 0 atom stereocenters. The van der Waals surface area contributed by atoms with E-state index < -0.39 is 0 Å². The van der Waals surface area contributed by atoms with Crippen molar-refractivity contribution in [3.8, 4) is 0 Å². The van der Waals surface area contributed by atoms with Crippen molar-refractivity contribution in [3.05, 3.63) is 63.6 Å². The zero-order valence-electron chi connectivity index (χ0n) is 10.2. The SMILES string of the molecule is CCc1cccc(NCc2ccc(Cl)cc2Cl)c1. The van der Waals surface area contributed by atoms with E-state index in [1.54, 1.807) is 6.07 Å². The molecule has 0 fully saturated rings. The van der Waals surface area contributed by atoms with Gasteiger partial charge in [-0.3, -0.25) is 0 Å². The molecule has 0 aliphatic rings. The van der Waals surface area contributed by atoms with Gasteiger partial charge in [-0.15, -0.1) is 0 Å². The molecule has 18 heavy (non-hydrogen) atoms. The van der Waals surface area contributed by atoms with Crippen molar-refractivity contribution in [1.29, 1.82) is 0 Å². The maximum Gasteiger partial charge on any atom is 0.0470 e. The lowest BCUT2D eigenvalue weighted by atomic mass is 10.1. The fourth-order valence-electron chi connectivity index (χ4n) is 1.76. The molecule has 0 saturated heterocycles. The highest BCUT2D eigenvalue weighted by Crippen LogP contribution is 2.22. The number of aryl methyl sites for hydroxylation is 1. The number of halogens is 2. The second kappa shape index (κ2) is 6.12. The van der Waals surface area contributed by atoms with Crippen LogP contribution in [0.15, 0.2) is 42.5 Å². The van der Waals surface area contributed by atoms with E-state index in [1.165, 1.54) is 5.56 Å². The maximum absolute atomic E-state index is 6.13. The van der Waals surface area contributed by atoms with Gasteiger partial charge in [-0.05, 0) is 41.8 Å². The second-order valence-electron chi connectivity index (χ2n) is 4.14. The van der Waals surface area contributed by atoms with Crippen LogP contribution in [0.1, 0.15) is 18.1 Å². The van der Waals surface area contributed by atoms with Crippen molar-refractivity contribution >= 4 is 28.9 Å². The molecule has 2 rings (SSSR count). The molecule has 3 heteroatoms. The van der Waals surface area contributed by atoms with Crippen LogP contribution in [-0.2, 0) is 13.0 Å². The highest BCUT2D eigenvalue weighted by molar-refractivity contribution is 6.35. The van der Waals surface area contributed by atoms with Crippen LogP contribution in [0, 0.1) is 0 Å². The molecular weight excluding hydrogens is 265 g/mol. The van der Waals surface area contributed by atoms with E-state index in [9.17, 15) is 0 Å². The van der Waals surface area contributed by atoms with Crippen LogP contribution < -0.4 is 5.32 Å². The van der Waals surface area contributed by atoms with Gasteiger partial charge in [0.15, 0.2) is 0 Å². The van der Waals surface area contributed by atoms with Crippen molar-refractivity contribution in [2.45, 2.75) is 19.9 Å². The Kier molecular flexibility index (Phi) is 4.51. The topological polar surface area (TPSA) is 12.0 Å². The van der Waals surface area contributed by atoms with E-state index in [1.807, 2.05) is 12.1 Å². The van der Waals surface area contributed by atoms with Crippen molar-refractivity contribution < 1.29 is 0 Å². The molecular formula is C15H15Cl2N. The quantitative estimate of drug-likeness (QED) is 0.814. The molecule has 1 N–H and O–H groups in total. The van der Waals surface area contributed by atoms with Gasteiger partial charge in [-0.25, -0.2) is 0 Å². The average molecular weight is 280 g/mol. The highest BCUT2D eigenvalue weighted by atomic mass is 35.5. The van der Waals surface area contributed by atoms with Crippen LogP contribution in [0.3, 0.4) is 0 Å². The van der Waals surface area contributed by atoms with Gasteiger partial charge in [0.05, 0.1) is 0 Å². The molecule has 0 spiro atoms. The number of benzene rings is 2. The Balaban J connectivity index is 2.06. The second-order valence-corrected chi connectivity index (χ2v) is 4.99. The van der Waals surface area contributed by atoms with Gasteiger partial charge in [-0.2, -0.15) is 0 Å². The number of rotatable bonds is 4. The van der Waals surface area contributed by atoms with Gasteiger partial charge in [0, 0.05) is 22.3 Å². The van der Waals surface area contributed by atoms with Crippen LogP contribution >= 0.6 is 23.2 Å². The lowest BCUT2D eigenvalue weighted by molar-refractivity contribution is 1.12. The Hall–Kier alpha value is -1.18. The first-order chi connectivity index (χ1) is 8.69. The summed E-state index contributed by atoms with van der Waals surface area (Å²) < 4.78 is 0. The summed E-state index contributed by atoms with van der Waals surface area (Å²) in [6.07, 6.45) is 1.04. The summed E-state index contributed by atoms with van der Waals surface area (Å²) in [5, 5.41) is 4.73. The fraction of sp³-hybridized carbons (Fsp3) is 0.200. The van der Waals surface area contributed by atoms with Crippen molar-refractivity contribution in [2.75, 3.05) is 5.32 Å². The third kappa shape index (κ3) is 3.41. The van der Waals surface area contributed by atoms with E-state index >= 15 is 0 Å². The minimum absolute atomic E-state index is 0.664. The van der Waals surface area contributed by atoms with Gasteiger partial charge in [-0.1, -0.05) is 48.3 Å². The van der Waals surface area contributed by atoms with Gasteiger partial charge in [0.2, 0.25) is 0 Å². The zero-order valence-corrected chi connectivity index (χ0v) is 11.7. The first-order valence-electron chi connectivity index (χ1n) is 5.96. The van der Waals surface area contributed by atoms with Gasteiger partial charge in [0.25, 0.3) is 0 Å². The third-order valence-corrected chi connectivity index (χ3v) is 3.42. The fourth-order valence-corrected chi connectivity index (χ4v) is 2.24. The average Bonchev–Trinajstić information content (AvgIpc) is 2.38. The minimum atomic E-state index is 0.664. The van der Waals surface area contributed by atoms with E-state index in [0.717, 1.165) is 17.7 Å². The van der Waals surface area contributed by atoms with Crippen LogP contribution in [-0.4, -0.2) is 0 Å². The Bertz CT molecular complexity index is 538. The lowest BCUT2D eigenvalue weighted by Gasteiger charge is -2.09. The third-order valence-electron chi connectivity index (χ3n) is 2.83. The zero-order chi connectivity index (χ0) is 13.0. The predicted molar refractivity (Wildman–Crippen MR) is 79.6 cm³/mol. The van der Waals surface area contributed by atoms with Gasteiger partial charge in [0.1, 0.15) is 0 Å². The monoisotopic (exact) mass is 279 g/mol. The molecule has 0 aromatic heterocycles. The summed E-state index contributed by atoms with van der Waals surface area (Å²) in [4.78, 5) is 0. The van der Waals surface area contributed by atoms with Crippen molar-refractivity contribution in [3.63, 3.8) is 0 Å². The molecule has 0 aliphatic carbocycles. The van der Waals surface area contributed by atoms with Crippen LogP contribution in [0.2, 0.25) is 10.0 Å². The van der Waals surface area contributed by atoms with E-state index in [2.05, 4.69) is 36.5 Å². The van der Waals surface area contributed by atoms with Crippen LogP contribution in [0.25, 0.3) is 0 Å². The standard InChI is InChI=1S/C15H15Cl2N/c1-2-11-4-3-5-14(8-11)18-10-12-6-7-13(16)9-15(12)17/h3-9,18H,2,10H2,1H3. The van der Waals surface area contributed by atoms with Crippen LogP contribution in [0.4, 0.5) is 5.69 Å². The smallest absolute Gasteiger partial charge is 0.0470 e. The number of hydrogen-bond donors (Lipinski definition) is 1. The molecule has 1 nitrogen and oxygen atoms in total. The molecule has 2 aromatic carbocycles. The molecule has 0 aliphatic heterocycles. The number of hydrogen-bond acceptors (Lipinski definition) is 1. The molecule has 2 aromatic rings. The molecule has 0 amide bonds. The first-order valence-corrected chi connectivity index (χ1v) is 6.71. The molecule has 0 saturated carbocycles.